The Labute approximate surface area is 53.4 Å². The Kier molecular flexibility index (Phi) is 5.76. The molecule has 0 aromatic carbocycles. The van der Waals surface area contributed by atoms with E-state index >= 15 is 0 Å². The fraction of sp³-hybridized carbons (Fsp3) is 1.00. The van der Waals surface area contributed by atoms with Crippen LogP contribution in [0.3, 0.4) is 0 Å². The average molecular weight is 138 g/mol. The summed E-state index contributed by atoms with van der Waals surface area (Å²) in [4.78, 5) is 0. The first-order valence-corrected chi connectivity index (χ1v) is 2.96. The van der Waals surface area contributed by atoms with Crippen molar-refractivity contribution in [2.24, 2.45) is 5.73 Å². The van der Waals surface area contributed by atoms with Crippen molar-refractivity contribution in [2.45, 2.75) is 12.8 Å². The van der Waals surface area contributed by atoms with Crippen molar-refractivity contribution in [3.8, 4) is 0 Å². The summed E-state index contributed by atoms with van der Waals surface area (Å²) >= 11 is 0. The summed E-state index contributed by atoms with van der Waals surface area (Å²) in [6, 6.07) is 0. The molecule has 0 amide bonds. The van der Waals surface area contributed by atoms with E-state index in [1.54, 1.807) is 0 Å². The van der Waals surface area contributed by atoms with Gasteiger partial charge >= 0.3 is 0 Å². The molecule has 0 unspecified atom stereocenters. The predicted octanol–water partition coefficient (Wildman–Crippen LogP) is 0.190. The van der Waals surface area contributed by atoms with Crippen molar-refractivity contribution in [3.63, 3.8) is 0 Å². The molecule has 0 rings (SSSR count). The van der Waals surface area contributed by atoms with Gasteiger partial charge in [-0.1, -0.05) is 0 Å². The summed E-state index contributed by atoms with van der Waals surface area (Å²) in [7, 11) is 0. The van der Waals surface area contributed by atoms with Gasteiger partial charge in [-0.05, 0) is 0 Å². The molecular weight excluding hydrogens is 126 g/mol. The van der Waals surface area contributed by atoms with Crippen molar-refractivity contribution >= 4 is 0 Å². The zero-order chi connectivity index (χ0) is 7.11. The Hall–Kier alpha value is -0.220. The third-order valence-corrected chi connectivity index (χ3v) is 0.860. The summed E-state index contributed by atoms with van der Waals surface area (Å²) < 4.78 is 22.8. The Bertz CT molecular complexity index is 58.9. The second-order valence-electron chi connectivity index (χ2n) is 1.72. The zero-order valence-electron chi connectivity index (χ0n) is 5.24. The molecule has 0 atom stereocenters. The number of nitrogens with one attached hydrogen (secondary N) is 1. The Morgan fingerprint density at radius 3 is 2.44 bits per heavy atom. The van der Waals surface area contributed by atoms with Gasteiger partial charge in [0.25, 0.3) is 0 Å². The third kappa shape index (κ3) is 7.78. The van der Waals surface area contributed by atoms with Crippen molar-refractivity contribution in [1.82, 2.24) is 5.32 Å². The minimum absolute atomic E-state index is 0.0833. The Morgan fingerprint density at radius 1 is 1.33 bits per heavy atom. The number of hydrogen-bond acceptors (Lipinski definition) is 2. The quantitative estimate of drug-likeness (QED) is 0.532. The summed E-state index contributed by atoms with van der Waals surface area (Å²) in [5.41, 5.74) is 5.10. The van der Waals surface area contributed by atoms with E-state index in [4.69, 9.17) is 5.73 Å². The minimum Gasteiger partial charge on any atom is -0.329 e. The van der Waals surface area contributed by atoms with E-state index in [1.165, 1.54) is 0 Å². The maximum Gasteiger partial charge on any atom is 0.239 e. The molecular formula is C5H12F2N2. The van der Waals surface area contributed by atoms with Gasteiger partial charge in [-0.2, -0.15) is 0 Å². The number of hydrogen-bond donors (Lipinski definition) is 2. The van der Waals surface area contributed by atoms with Gasteiger partial charge in [-0.25, -0.2) is 8.78 Å². The highest BCUT2D eigenvalue weighted by atomic mass is 19.3. The second kappa shape index (κ2) is 5.91. The summed E-state index contributed by atoms with van der Waals surface area (Å²) in [6.45, 7) is 1.48. The summed E-state index contributed by atoms with van der Waals surface area (Å²) in [5, 5.41) is 2.76. The number of nitrogens with two attached hydrogens (primary N) is 1. The fourth-order valence-electron chi connectivity index (χ4n) is 0.438. The molecule has 0 saturated carbocycles. The first-order chi connectivity index (χ1) is 4.27. The highest BCUT2D eigenvalue weighted by Crippen LogP contribution is 1.95. The molecule has 0 saturated heterocycles. The van der Waals surface area contributed by atoms with Crippen LogP contribution >= 0.6 is 0 Å². The normalized spacial score (nSPS) is 10.7. The van der Waals surface area contributed by atoms with Gasteiger partial charge < -0.3 is 11.1 Å². The van der Waals surface area contributed by atoms with E-state index < -0.39 is 6.43 Å². The number of halogens is 2. The van der Waals surface area contributed by atoms with Crippen molar-refractivity contribution < 1.29 is 8.78 Å². The molecule has 0 bridgehead atoms. The Morgan fingerprint density at radius 2 is 2.00 bits per heavy atom. The highest BCUT2D eigenvalue weighted by Gasteiger charge is 1.98. The van der Waals surface area contributed by atoms with E-state index in [1.807, 2.05) is 0 Å². The van der Waals surface area contributed by atoms with Crippen molar-refractivity contribution in [3.05, 3.63) is 0 Å². The second-order valence-corrected chi connectivity index (χ2v) is 1.72. The van der Waals surface area contributed by atoms with E-state index in [2.05, 4.69) is 5.32 Å². The fourth-order valence-corrected chi connectivity index (χ4v) is 0.438. The molecule has 0 spiro atoms. The van der Waals surface area contributed by atoms with Crippen LogP contribution in [-0.2, 0) is 0 Å². The lowest BCUT2D eigenvalue weighted by molar-refractivity contribution is 0.137. The van der Waals surface area contributed by atoms with Gasteiger partial charge in [0.1, 0.15) is 0 Å². The van der Waals surface area contributed by atoms with Gasteiger partial charge in [0.2, 0.25) is 6.43 Å². The van der Waals surface area contributed by atoms with E-state index in [-0.39, 0.29) is 6.42 Å². The Balaban J connectivity index is 2.75. The summed E-state index contributed by atoms with van der Waals surface area (Å²) in [6.07, 6.45) is -2.28. The van der Waals surface area contributed by atoms with Gasteiger partial charge in [-0.3, -0.25) is 0 Å². The van der Waals surface area contributed by atoms with E-state index in [0.717, 1.165) is 0 Å². The molecule has 0 aromatic heterocycles. The van der Waals surface area contributed by atoms with Crippen molar-refractivity contribution in [2.75, 3.05) is 19.6 Å². The lowest BCUT2D eigenvalue weighted by Gasteiger charge is -2.00. The zero-order valence-corrected chi connectivity index (χ0v) is 5.24. The van der Waals surface area contributed by atoms with Crippen LogP contribution in [0.2, 0.25) is 0 Å². The lowest BCUT2D eigenvalue weighted by atomic mass is 10.4. The molecule has 0 aliphatic heterocycles. The number of rotatable bonds is 5. The van der Waals surface area contributed by atoms with Crippen LogP contribution in [0.4, 0.5) is 8.78 Å². The van der Waals surface area contributed by atoms with Crippen LogP contribution in [-0.4, -0.2) is 26.1 Å². The van der Waals surface area contributed by atoms with Crippen LogP contribution in [0.15, 0.2) is 0 Å². The average Bonchev–Trinajstić information content (AvgIpc) is 1.80. The first-order valence-electron chi connectivity index (χ1n) is 2.96. The molecule has 0 radical (unpaired) electrons. The SMILES string of the molecule is NCCNCCC(F)F. The molecule has 0 fully saturated rings. The van der Waals surface area contributed by atoms with Gasteiger partial charge in [0.15, 0.2) is 0 Å². The molecule has 2 nitrogen and oxygen atoms in total. The molecule has 0 aliphatic carbocycles. The molecule has 4 heteroatoms. The molecule has 0 heterocycles. The molecule has 0 aromatic rings. The molecule has 56 valence electrons. The topological polar surface area (TPSA) is 38.0 Å². The minimum atomic E-state index is -2.20. The maximum atomic E-state index is 11.4. The lowest BCUT2D eigenvalue weighted by Crippen LogP contribution is -2.24. The molecule has 9 heavy (non-hydrogen) atoms. The standard InChI is InChI=1S/C5H12F2N2/c6-5(7)1-3-9-4-2-8/h5,9H,1-4,8H2. The third-order valence-electron chi connectivity index (χ3n) is 0.860. The smallest absolute Gasteiger partial charge is 0.239 e. The van der Waals surface area contributed by atoms with Crippen LogP contribution in [0.5, 0.6) is 0 Å². The largest absolute Gasteiger partial charge is 0.329 e. The molecule has 0 aliphatic rings. The van der Waals surface area contributed by atoms with E-state index in [0.29, 0.717) is 19.6 Å². The van der Waals surface area contributed by atoms with Crippen LogP contribution < -0.4 is 11.1 Å². The monoisotopic (exact) mass is 138 g/mol. The van der Waals surface area contributed by atoms with Gasteiger partial charge in [-0.15, -0.1) is 0 Å². The maximum absolute atomic E-state index is 11.4. The molecule has 3 N–H and O–H groups in total. The van der Waals surface area contributed by atoms with Crippen LogP contribution in [0.1, 0.15) is 6.42 Å². The van der Waals surface area contributed by atoms with Gasteiger partial charge in [0.05, 0.1) is 0 Å². The van der Waals surface area contributed by atoms with Crippen LogP contribution in [0.25, 0.3) is 0 Å². The highest BCUT2D eigenvalue weighted by molar-refractivity contribution is 4.48. The predicted molar refractivity (Wildman–Crippen MR) is 32.5 cm³/mol. The van der Waals surface area contributed by atoms with E-state index in [9.17, 15) is 8.78 Å². The van der Waals surface area contributed by atoms with Gasteiger partial charge in [0, 0.05) is 26.1 Å². The van der Waals surface area contributed by atoms with Crippen molar-refractivity contribution in [1.29, 1.82) is 0 Å². The number of alkyl halides is 2. The first kappa shape index (κ1) is 8.78. The van der Waals surface area contributed by atoms with Crippen LogP contribution in [0, 0.1) is 0 Å². The summed E-state index contributed by atoms with van der Waals surface area (Å²) in [5.74, 6) is 0.